The number of hydrogen-bond acceptors (Lipinski definition) is 2. The molecule has 1 aromatic rings. The van der Waals surface area contributed by atoms with Crippen molar-refractivity contribution in [3.8, 4) is 5.75 Å². The van der Waals surface area contributed by atoms with E-state index in [-0.39, 0.29) is 0 Å². The summed E-state index contributed by atoms with van der Waals surface area (Å²) in [5.41, 5.74) is 1.42. The SMILES string of the molecule is CCC(C)c1ccc(OCC2CCC3CC4OC4CC3C2)cc1. The molecule has 3 aliphatic rings. The van der Waals surface area contributed by atoms with Gasteiger partial charge >= 0.3 is 0 Å². The molecule has 0 bridgehead atoms. The minimum absolute atomic E-state index is 0.615. The summed E-state index contributed by atoms with van der Waals surface area (Å²) in [5, 5.41) is 0. The Bertz CT molecular complexity index is 523. The van der Waals surface area contributed by atoms with Crippen LogP contribution in [-0.2, 0) is 4.74 Å². The molecule has 0 amide bonds. The number of benzene rings is 1. The van der Waals surface area contributed by atoms with Gasteiger partial charge in [0.1, 0.15) is 5.75 Å². The molecule has 1 aliphatic heterocycles. The van der Waals surface area contributed by atoms with Gasteiger partial charge in [0.2, 0.25) is 0 Å². The van der Waals surface area contributed by atoms with Gasteiger partial charge in [-0.25, -0.2) is 0 Å². The van der Waals surface area contributed by atoms with Crippen molar-refractivity contribution in [2.45, 2.75) is 70.5 Å². The Kier molecular flexibility index (Phi) is 4.36. The summed E-state index contributed by atoms with van der Waals surface area (Å²) >= 11 is 0. The molecule has 126 valence electrons. The van der Waals surface area contributed by atoms with Gasteiger partial charge < -0.3 is 9.47 Å². The Balaban J connectivity index is 1.27. The fraction of sp³-hybridized carbons (Fsp3) is 0.714. The number of rotatable bonds is 5. The van der Waals surface area contributed by atoms with Gasteiger partial charge in [0.15, 0.2) is 0 Å². The third kappa shape index (κ3) is 3.42. The molecule has 1 aromatic carbocycles. The van der Waals surface area contributed by atoms with Gasteiger partial charge in [-0.15, -0.1) is 0 Å². The van der Waals surface area contributed by atoms with Crippen molar-refractivity contribution in [3.63, 3.8) is 0 Å². The molecule has 0 aromatic heterocycles. The van der Waals surface area contributed by atoms with E-state index in [1.54, 1.807) is 0 Å². The second kappa shape index (κ2) is 6.47. The van der Waals surface area contributed by atoms with Crippen molar-refractivity contribution in [1.82, 2.24) is 0 Å². The van der Waals surface area contributed by atoms with E-state index in [1.165, 1.54) is 44.1 Å². The largest absolute Gasteiger partial charge is 0.493 e. The first-order chi connectivity index (χ1) is 11.2. The lowest BCUT2D eigenvalue weighted by Crippen LogP contribution is -2.32. The molecular formula is C21H30O2. The number of ether oxygens (including phenoxy) is 2. The summed E-state index contributed by atoms with van der Waals surface area (Å²) in [7, 11) is 0. The van der Waals surface area contributed by atoms with Crippen LogP contribution in [0.1, 0.15) is 63.9 Å². The van der Waals surface area contributed by atoms with E-state index in [9.17, 15) is 0 Å². The molecular weight excluding hydrogens is 284 g/mol. The van der Waals surface area contributed by atoms with E-state index in [0.717, 1.165) is 30.1 Å². The molecule has 0 N–H and O–H groups in total. The Hall–Kier alpha value is -1.02. The van der Waals surface area contributed by atoms with Gasteiger partial charge in [-0.3, -0.25) is 0 Å². The van der Waals surface area contributed by atoms with Crippen LogP contribution in [0.4, 0.5) is 0 Å². The molecule has 1 heterocycles. The van der Waals surface area contributed by atoms with Crippen molar-refractivity contribution in [2.75, 3.05) is 6.61 Å². The quantitative estimate of drug-likeness (QED) is 0.699. The molecule has 2 aliphatic carbocycles. The fourth-order valence-electron chi connectivity index (χ4n) is 4.71. The maximum atomic E-state index is 6.10. The molecule has 6 unspecified atom stereocenters. The third-order valence-corrected chi connectivity index (χ3v) is 6.55. The molecule has 23 heavy (non-hydrogen) atoms. The van der Waals surface area contributed by atoms with Gasteiger partial charge in [0.05, 0.1) is 18.8 Å². The lowest BCUT2D eigenvalue weighted by molar-refractivity contribution is 0.109. The molecule has 2 heteroatoms. The molecule has 1 saturated heterocycles. The van der Waals surface area contributed by atoms with Gasteiger partial charge in [0.25, 0.3) is 0 Å². The Morgan fingerprint density at radius 3 is 2.52 bits per heavy atom. The number of fused-ring (bicyclic) bond motifs is 2. The third-order valence-electron chi connectivity index (χ3n) is 6.55. The smallest absolute Gasteiger partial charge is 0.119 e. The summed E-state index contributed by atoms with van der Waals surface area (Å²) in [6.45, 7) is 5.42. The zero-order chi connectivity index (χ0) is 15.8. The minimum Gasteiger partial charge on any atom is -0.493 e. The molecule has 2 nitrogen and oxygen atoms in total. The molecule has 2 saturated carbocycles. The molecule has 3 fully saturated rings. The summed E-state index contributed by atoms with van der Waals surface area (Å²) in [5.74, 6) is 4.24. The summed E-state index contributed by atoms with van der Waals surface area (Å²) in [4.78, 5) is 0. The van der Waals surface area contributed by atoms with E-state index in [0.29, 0.717) is 18.1 Å². The standard InChI is InChI=1S/C21H30O2/c1-3-14(2)16-6-8-19(9-7-16)22-13-15-4-5-17-11-20-21(23-20)12-18(17)10-15/h6-9,14-15,17-18,20-21H,3-5,10-13H2,1-2H3. The van der Waals surface area contributed by atoms with Crippen LogP contribution in [-0.4, -0.2) is 18.8 Å². The minimum atomic E-state index is 0.615. The lowest BCUT2D eigenvalue weighted by Gasteiger charge is -2.37. The highest BCUT2D eigenvalue weighted by Crippen LogP contribution is 2.49. The van der Waals surface area contributed by atoms with Crippen molar-refractivity contribution < 1.29 is 9.47 Å². The highest BCUT2D eigenvalue weighted by atomic mass is 16.6. The Morgan fingerprint density at radius 2 is 1.78 bits per heavy atom. The molecule has 0 spiro atoms. The predicted octanol–water partition coefficient (Wildman–Crippen LogP) is 5.17. The van der Waals surface area contributed by atoms with Crippen LogP contribution in [0.25, 0.3) is 0 Å². The zero-order valence-electron chi connectivity index (χ0n) is 14.5. The topological polar surface area (TPSA) is 21.8 Å². The maximum absolute atomic E-state index is 6.10. The van der Waals surface area contributed by atoms with E-state index in [4.69, 9.17) is 9.47 Å². The van der Waals surface area contributed by atoms with Crippen LogP contribution in [0.2, 0.25) is 0 Å². The normalized spacial score (nSPS) is 36.7. The molecule has 4 rings (SSSR count). The maximum Gasteiger partial charge on any atom is 0.119 e. The van der Waals surface area contributed by atoms with Gasteiger partial charge in [0, 0.05) is 0 Å². The van der Waals surface area contributed by atoms with E-state index in [1.807, 2.05) is 0 Å². The van der Waals surface area contributed by atoms with Gasteiger partial charge in [-0.1, -0.05) is 26.0 Å². The lowest BCUT2D eigenvalue weighted by atomic mass is 9.68. The zero-order valence-corrected chi connectivity index (χ0v) is 14.5. The van der Waals surface area contributed by atoms with E-state index < -0.39 is 0 Å². The highest BCUT2D eigenvalue weighted by molar-refractivity contribution is 5.29. The van der Waals surface area contributed by atoms with Crippen molar-refractivity contribution in [1.29, 1.82) is 0 Å². The van der Waals surface area contributed by atoms with Crippen molar-refractivity contribution in [3.05, 3.63) is 29.8 Å². The second-order valence-corrected chi connectivity index (χ2v) is 8.07. The Morgan fingerprint density at radius 1 is 1.04 bits per heavy atom. The highest BCUT2D eigenvalue weighted by Gasteiger charge is 2.49. The van der Waals surface area contributed by atoms with Gasteiger partial charge in [-0.05, 0) is 79.9 Å². The monoisotopic (exact) mass is 314 g/mol. The van der Waals surface area contributed by atoms with Crippen molar-refractivity contribution in [2.24, 2.45) is 17.8 Å². The Labute approximate surface area is 140 Å². The molecule has 0 radical (unpaired) electrons. The van der Waals surface area contributed by atoms with Crippen LogP contribution in [0.15, 0.2) is 24.3 Å². The fourth-order valence-corrected chi connectivity index (χ4v) is 4.71. The summed E-state index contributed by atoms with van der Waals surface area (Å²) in [6, 6.07) is 8.75. The predicted molar refractivity (Wildman–Crippen MR) is 92.9 cm³/mol. The first-order valence-corrected chi connectivity index (χ1v) is 9.61. The van der Waals surface area contributed by atoms with Crippen LogP contribution in [0.5, 0.6) is 5.75 Å². The van der Waals surface area contributed by atoms with Crippen molar-refractivity contribution >= 4 is 0 Å². The van der Waals surface area contributed by atoms with E-state index in [2.05, 4.69) is 38.1 Å². The van der Waals surface area contributed by atoms with Crippen LogP contribution < -0.4 is 4.74 Å². The average molecular weight is 314 g/mol. The summed E-state index contributed by atoms with van der Waals surface area (Å²) in [6.07, 6.45) is 9.16. The van der Waals surface area contributed by atoms with E-state index >= 15 is 0 Å². The molecule has 6 atom stereocenters. The van der Waals surface area contributed by atoms with Crippen LogP contribution >= 0.6 is 0 Å². The van der Waals surface area contributed by atoms with Crippen LogP contribution in [0, 0.1) is 17.8 Å². The number of epoxide rings is 1. The number of hydrogen-bond donors (Lipinski definition) is 0. The first-order valence-electron chi connectivity index (χ1n) is 9.61. The first kappa shape index (κ1) is 15.5. The summed E-state index contributed by atoms with van der Waals surface area (Å²) < 4.78 is 11.8. The van der Waals surface area contributed by atoms with Crippen LogP contribution in [0.3, 0.4) is 0 Å². The average Bonchev–Trinajstić information content (AvgIpc) is 3.35. The second-order valence-electron chi connectivity index (χ2n) is 8.07. The van der Waals surface area contributed by atoms with Gasteiger partial charge in [-0.2, -0.15) is 0 Å².